The molecule has 1 rings (SSSR count). The minimum absolute atomic E-state index is 0. The first-order valence-electron chi connectivity index (χ1n) is 4.93. The van der Waals surface area contributed by atoms with Crippen LogP contribution in [0.2, 0.25) is 0 Å². The minimum Gasteiger partial charge on any atom is -0.197 e. The first-order valence-corrected chi connectivity index (χ1v) is 4.93. The van der Waals surface area contributed by atoms with Crippen molar-refractivity contribution < 1.29 is 0 Å². The lowest BCUT2D eigenvalue weighted by molar-refractivity contribution is 0.286. The van der Waals surface area contributed by atoms with Crippen LogP contribution in [0.25, 0.3) is 0 Å². The van der Waals surface area contributed by atoms with E-state index in [9.17, 15) is 0 Å². The maximum Gasteiger partial charge on any atom is -0.0414 e. The van der Waals surface area contributed by atoms with Gasteiger partial charge in [-0.05, 0) is 5.92 Å². The summed E-state index contributed by atoms with van der Waals surface area (Å²) in [5.74, 6) is 1.14. The van der Waals surface area contributed by atoms with Crippen molar-refractivity contribution in [1.29, 1.82) is 0 Å². The Balaban J connectivity index is 0.000001000. The van der Waals surface area contributed by atoms with Gasteiger partial charge in [-0.3, -0.25) is 0 Å². The fourth-order valence-corrected chi connectivity index (χ4v) is 1.64. The van der Waals surface area contributed by atoms with Crippen LogP contribution in [0.4, 0.5) is 0 Å². The summed E-state index contributed by atoms with van der Waals surface area (Å²) >= 11 is 0. The third-order valence-corrected chi connectivity index (χ3v) is 2.69. The van der Waals surface area contributed by atoms with Gasteiger partial charge >= 0.3 is 0 Å². The fourth-order valence-electron chi connectivity index (χ4n) is 1.64. The average molecular weight is 174 g/mol. The van der Waals surface area contributed by atoms with Crippen LogP contribution in [0.3, 0.4) is 0 Å². The number of unbranched alkanes of at least 4 members (excludes halogenated alkanes) is 3. The molecule has 1 heteroatoms. The smallest absolute Gasteiger partial charge is 0.0414 e. The van der Waals surface area contributed by atoms with Gasteiger partial charge in [-0.15, -0.1) is 0 Å². The van der Waals surface area contributed by atoms with Gasteiger partial charge in [0.15, 0.2) is 0 Å². The zero-order valence-electron chi connectivity index (χ0n) is 7.73. The normalized spacial score (nSPS) is 17.2. The van der Waals surface area contributed by atoms with Crippen molar-refractivity contribution in [2.45, 2.75) is 58.3 Å². The van der Waals surface area contributed by atoms with Gasteiger partial charge in [0.05, 0.1) is 0 Å². The molecule has 0 spiro atoms. The van der Waals surface area contributed by atoms with Gasteiger partial charge < -0.3 is 0 Å². The Hall–Kier alpha value is 0.350. The van der Waals surface area contributed by atoms with Gasteiger partial charge in [0.25, 0.3) is 0 Å². The van der Waals surface area contributed by atoms with Crippen LogP contribution in [0.5, 0.6) is 0 Å². The van der Waals surface area contributed by atoms with Crippen molar-refractivity contribution >= 4 is 13.5 Å². The van der Waals surface area contributed by atoms with Crippen molar-refractivity contribution in [2.24, 2.45) is 5.92 Å². The van der Waals surface area contributed by atoms with E-state index >= 15 is 0 Å². The quantitative estimate of drug-likeness (QED) is 0.555. The molecular formula is C10H22S. The molecule has 0 aromatic rings. The van der Waals surface area contributed by atoms with Crippen LogP contribution in [0.15, 0.2) is 0 Å². The van der Waals surface area contributed by atoms with Crippen molar-refractivity contribution in [3.8, 4) is 0 Å². The summed E-state index contributed by atoms with van der Waals surface area (Å²) in [7, 11) is 0. The Morgan fingerprint density at radius 2 is 1.82 bits per heavy atom. The van der Waals surface area contributed by atoms with Crippen LogP contribution in [-0.4, -0.2) is 0 Å². The molecule has 0 heterocycles. The van der Waals surface area contributed by atoms with Crippen molar-refractivity contribution in [1.82, 2.24) is 0 Å². The Morgan fingerprint density at radius 1 is 1.09 bits per heavy atom. The molecule has 1 fully saturated rings. The third kappa shape index (κ3) is 4.73. The molecule has 0 amide bonds. The van der Waals surface area contributed by atoms with Crippen LogP contribution < -0.4 is 0 Å². The topological polar surface area (TPSA) is 0 Å². The summed E-state index contributed by atoms with van der Waals surface area (Å²) in [4.78, 5) is 0. The van der Waals surface area contributed by atoms with Crippen LogP contribution in [-0.2, 0) is 0 Å². The maximum atomic E-state index is 2.28. The van der Waals surface area contributed by atoms with Crippen molar-refractivity contribution in [3.63, 3.8) is 0 Å². The van der Waals surface area contributed by atoms with Crippen LogP contribution in [0, 0.1) is 5.92 Å². The summed E-state index contributed by atoms with van der Waals surface area (Å²) in [5, 5.41) is 0. The molecule has 1 aliphatic carbocycles. The zero-order chi connectivity index (χ0) is 7.23. The van der Waals surface area contributed by atoms with Gasteiger partial charge in [0.2, 0.25) is 0 Å². The van der Waals surface area contributed by atoms with Crippen LogP contribution >= 0.6 is 13.5 Å². The molecular weight excluding hydrogens is 152 g/mol. The molecule has 68 valence electrons. The molecule has 0 aliphatic heterocycles. The van der Waals surface area contributed by atoms with E-state index in [0.717, 1.165) is 5.92 Å². The van der Waals surface area contributed by atoms with Crippen LogP contribution in [0.1, 0.15) is 58.3 Å². The van der Waals surface area contributed by atoms with Gasteiger partial charge in [-0.1, -0.05) is 58.3 Å². The minimum atomic E-state index is 0. The fraction of sp³-hybridized carbons (Fsp3) is 1.00. The van der Waals surface area contributed by atoms with Gasteiger partial charge in [0, 0.05) is 0 Å². The Morgan fingerprint density at radius 3 is 2.27 bits per heavy atom. The second-order valence-electron chi connectivity index (χ2n) is 3.65. The molecule has 1 saturated carbocycles. The largest absolute Gasteiger partial charge is 0.197 e. The standard InChI is InChI=1S/C10H20.H2S/c1-2-3-4-5-7-10-8-6-9-10;/h10H,2-9H2,1H3;1H2. The third-order valence-electron chi connectivity index (χ3n) is 2.69. The first kappa shape index (κ1) is 11.4. The molecule has 0 nitrogen and oxygen atoms in total. The van der Waals surface area contributed by atoms with E-state index in [1.165, 1.54) is 51.4 Å². The summed E-state index contributed by atoms with van der Waals surface area (Å²) in [5.41, 5.74) is 0. The Bertz CT molecular complexity index is 76.9. The molecule has 11 heavy (non-hydrogen) atoms. The van der Waals surface area contributed by atoms with Gasteiger partial charge in [-0.2, -0.15) is 13.5 Å². The first-order chi connectivity index (χ1) is 4.93. The maximum absolute atomic E-state index is 2.28. The molecule has 0 radical (unpaired) electrons. The van der Waals surface area contributed by atoms with Gasteiger partial charge in [-0.25, -0.2) is 0 Å². The van der Waals surface area contributed by atoms with E-state index in [0.29, 0.717) is 0 Å². The highest BCUT2D eigenvalue weighted by molar-refractivity contribution is 7.59. The van der Waals surface area contributed by atoms with Gasteiger partial charge in [0.1, 0.15) is 0 Å². The molecule has 0 bridgehead atoms. The molecule has 0 saturated heterocycles. The highest BCUT2D eigenvalue weighted by Crippen LogP contribution is 2.30. The van der Waals surface area contributed by atoms with E-state index < -0.39 is 0 Å². The monoisotopic (exact) mass is 174 g/mol. The molecule has 0 aromatic carbocycles. The number of hydrogen-bond acceptors (Lipinski definition) is 0. The second-order valence-corrected chi connectivity index (χ2v) is 3.65. The molecule has 1 aliphatic rings. The predicted octanol–water partition coefficient (Wildman–Crippen LogP) is 3.87. The Labute approximate surface area is 78.2 Å². The van der Waals surface area contributed by atoms with E-state index in [2.05, 4.69) is 6.92 Å². The van der Waals surface area contributed by atoms with E-state index in [4.69, 9.17) is 0 Å². The molecule has 0 unspecified atom stereocenters. The Kier molecular flexibility index (Phi) is 7.25. The second kappa shape index (κ2) is 7.02. The molecule has 0 atom stereocenters. The molecule has 0 N–H and O–H groups in total. The lowest BCUT2D eigenvalue weighted by atomic mass is 9.82. The molecule has 0 aromatic heterocycles. The summed E-state index contributed by atoms with van der Waals surface area (Å²) in [6.07, 6.45) is 11.9. The van der Waals surface area contributed by atoms with Crippen molar-refractivity contribution in [3.05, 3.63) is 0 Å². The summed E-state index contributed by atoms with van der Waals surface area (Å²) in [6, 6.07) is 0. The highest BCUT2D eigenvalue weighted by atomic mass is 32.1. The number of rotatable bonds is 5. The van der Waals surface area contributed by atoms with Crippen molar-refractivity contribution in [2.75, 3.05) is 0 Å². The predicted molar refractivity (Wildman–Crippen MR) is 56.5 cm³/mol. The number of hydrogen-bond donors (Lipinski definition) is 0. The average Bonchev–Trinajstić information content (AvgIpc) is 1.84. The highest BCUT2D eigenvalue weighted by Gasteiger charge is 2.15. The lowest BCUT2D eigenvalue weighted by Gasteiger charge is -2.24. The summed E-state index contributed by atoms with van der Waals surface area (Å²) in [6.45, 7) is 2.28. The van der Waals surface area contributed by atoms with E-state index in [1.54, 1.807) is 0 Å². The lowest BCUT2D eigenvalue weighted by Crippen LogP contribution is -2.10. The van der Waals surface area contributed by atoms with E-state index in [1.807, 2.05) is 0 Å². The zero-order valence-corrected chi connectivity index (χ0v) is 8.73. The van der Waals surface area contributed by atoms with E-state index in [-0.39, 0.29) is 13.5 Å². The SMILES string of the molecule is CCCCCCC1CCC1.S. The summed E-state index contributed by atoms with van der Waals surface area (Å²) < 4.78 is 0.